The third-order valence-corrected chi connectivity index (χ3v) is 3.21. The van der Waals surface area contributed by atoms with Crippen molar-refractivity contribution in [2.45, 2.75) is 0 Å². The fourth-order valence-electron chi connectivity index (χ4n) is 2.23. The Morgan fingerprint density at radius 3 is 2.52 bits per heavy atom. The Morgan fingerprint density at radius 1 is 1.05 bits per heavy atom. The van der Waals surface area contributed by atoms with Crippen molar-refractivity contribution < 1.29 is 19.1 Å². The first-order valence-corrected chi connectivity index (χ1v) is 6.22. The number of fused-ring (bicyclic) bond motifs is 1. The molecule has 2 aromatic carbocycles. The zero-order chi connectivity index (χ0) is 15.0. The van der Waals surface area contributed by atoms with Gasteiger partial charge in [0.15, 0.2) is 5.76 Å². The van der Waals surface area contributed by atoms with Gasteiger partial charge in [-0.1, -0.05) is 30.3 Å². The standard InChI is InChI=1S/C16H11NO4/c17-15(18)13-8-10-4-2-6-12(14(10)21-13)9-3-1-5-11(7-9)16(19)20/h1-8H,(H2,17,18)(H,19,20). The van der Waals surface area contributed by atoms with Gasteiger partial charge in [-0.15, -0.1) is 0 Å². The normalized spacial score (nSPS) is 10.7. The van der Waals surface area contributed by atoms with Crippen LogP contribution in [0.2, 0.25) is 0 Å². The number of carboxylic acids is 1. The molecule has 5 nitrogen and oxygen atoms in total. The molecule has 0 fully saturated rings. The third-order valence-electron chi connectivity index (χ3n) is 3.21. The van der Waals surface area contributed by atoms with Crippen molar-refractivity contribution in [1.29, 1.82) is 0 Å². The van der Waals surface area contributed by atoms with Crippen LogP contribution in [0.1, 0.15) is 20.9 Å². The Balaban J connectivity index is 2.22. The molecule has 5 heteroatoms. The summed E-state index contributed by atoms with van der Waals surface area (Å²) in [6.07, 6.45) is 0. The zero-order valence-corrected chi connectivity index (χ0v) is 10.9. The molecule has 0 atom stereocenters. The molecule has 0 unspecified atom stereocenters. The predicted octanol–water partition coefficient (Wildman–Crippen LogP) is 2.90. The molecule has 3 rings (SSSR count). The number of carbonyl (C=O) groups is 2. The molecule has 0 spiro atoms. The average Bonchev–Trinajstić information content (AvgIpc) is 2.91. The SMILES string of the molecule is NC(=O)c1cc2cccc(-c3cccc(C(=O)O)c3)c2o1. The second-order valence-corrected chi connectivity index (χ2v) is 4.58. The third kappa shape index (κ3) is 2.25. The number of para-hydroxylation sites is 1. The molecule has 0 saturated carbocycles. The van der Waals surface area contributed by atoms with Crippen molar-refractivity contribution in [3.63, 3.8) is 0 Å². The molecule has 1 aromatic heterocycles. The van der Waals surface area contributed by atoms with E-state index in [-0.39, 0.29) is 11.3 Å². The van der Waals surface area contributed by atoms with Gasteiger partial charge in [0.1, 0.15) is 5.58 Å². The van der Waals surface area contributed by atoms with E-state index in [9.17, 15) is 9.59 Å². The average molecular weight is 281 g/mol. The minimum Gasteiger partial charge on any atom is -0.478 e. The molecule has 1 heterocycles. The highest BCUT2D eigenvalue weighted by atomic mass is 16.4. The van der Waals surface area contributed by atoms with Crippen LogP contribution < -0.4 is 5.73 Å². The molecule has 0 bridgehead atoms. The number of hydrogen-bond donors (Lipinski definition) is 2. The van der Waals surface area contributed by atoms with Crippen LogP contribution in [-0.2, 0) is 0 Å². The van der Waals surface area contributed by atoms with E-state index in [0.29, 0.717) is 16.7 Å². The van der Waals surface area contributed by atoms with Crippen molar-refractivity contribution in [2.75, 3.05) is 0 Å². The van der Waals surface area contributed by atoms with Gasteiger partial charge in [0.05, 0.1) is 5.56 Å². The Morgan fingerprint density at radius 2 is 1.81 bits per heavy atom. The monoisotopic (exact) mass is 281 g/mol. The second kappa shape index (κ2) is 4.79. The van der Waals surface area contributed by atoms with E-state index in [1.807, 2.05) is 6.07 Å². The van der Waals surface area contributed by atoms with E-state index in [0.717, 1.165) is 5.39 Å². The smallest absolute Gasteiger partial charge is 0.335 e. The summed E-state index contributed by atoms with van der Waals surface area (Å²) in [5, 5.41) is 9.80. The van der Waals surface area contributed by atoms with Gasteiger partial charge in [-0.2, -0.15) is 0 Å². The minimum atomic E-state index is -0.999. The molecule has 3 N–H and O–H groups in total. The topological polar surface area (TPSA) is 93.5 Å². The van der Waals surface area contributed by atoms with Crippen molar-refractivity contribution in [3.05, 3.63) is 59.9 Å². The first-order valence-electron chi connectivity index (χ1n) is 6.22. The Hall–Kier alpha value is -3.08. The molecule has 0 aliphatic heterocycles. The van der Waals surface area contributed by atoms with Crippen molar-refractivity contribution in [3.8, 4) is 11.1 Å². The molecular formula is C16H11NO4. The summed E-state index contributed by atoms with van der Waals surface area (Å²) in [5.74, 6) is -1.57. The number of benzene rings is 2. The number of rotatable bonds is 3. The van der Waals surface area contributed by atoms with Crippen molar-refractivity contribution in [2.24, 2.45) is 5.73 Å². The van der Waals surface area contributed by atoms with Gasteiger partial charge in [-0.25, -0.2) is 4.79 Å². The van der Waals surface area contributed by atoms with Crippen LogP contribution in [0.4, 0.5) is 0 Å². The molecule has 104 valence electrons. The Bertz CT molecular complexity index is 864. The minimum absolute atomic E-state index is 0.0758. The number of hydrogen-bond acceptors (Lipinski definition) is 3. The van der Waals surface area contributed by atoms with Gasteiger partial charge < -0.3 is 15.3 Å². The molecule has 0 aliphatic carbocycles. The lowest BCUT2D eigenvalue weighted by molar-refractivity contribution is 0.0696. The van der Waals surface area contributed by atoms with Crippen LogP contribution in [-0.4, -0.2) is 17.0 Å². The summed E-state index contributed by atoms with van der Waals surface area (Å²) in [6, 6.07) is 13.5. The number of carbonyl (C=O) groups excluding carboxylic acids is 1. The molecule has 0 saturated heterocycles. The van der Waals surface area contributed by atoms with E-state index in [4.69, 9.17) is 15.3 Å². The van der Waals surface area contributed by atoms with Crippen LogP contribution in [0.3, 0.4) is 0 Å². The number of primary amides is 1. The first kappa shape index (κ1) is 12.9. The zero-order valence-electron chi connectivity index (χ0n) is 10.9. The second-order valence-electron chi connectivity index (χ2n) is 4.58. The lowest BCUT2D eigenvalue weighted by Crippen LogP contribution is -2.08. The van der Waals surface area contributed by atoms with E-state index < -0.39 is 11.9 Å². The lowest BCUT2D eigenvalue weighted by Gasteiger charge is -2.04. The molecule has 0 radical (unpaired) electrons. The highest BCUT2D eigenvalue weighted by Gasteiger charge is 2.13. The van der Waals surface area contributed by atoms with Crippen LogP contribution in [0, 0.1) is 0 Å². The number of furan rings is 1. The van der Waals surface area contributed by atoms with Crippen LogP contribution in [0.15, 0.2) is 52.9 Å². The Labute approximate surface area is 119 Å². The van der Waals surface area contributed by atoms with Gasteiger partial charge in [0.2, 0.25) is 0 Å². The summed E-state index contributed by atoms with van der Waals surface area (Å²) in [6.45, 7) is 0. The van der Waals surface area contributed by atoms with Crippen LogP contribution in [0.25, 0.3) is 22.1 Å². The van der Waals surface area contributed by atoms with E-state index in [1.54, 1.807) is 36.4 Å². The van der Waals surface area contributed by atoms with Gasteiger partial charge in [0, 0.05) is 10.9 Å². The fourth-order valence-corrected chi connectivity index (χ4v) is 2.23. The fraction of sp³-hybridized carbons (Fsp3) is 0. The maximum atomic E-state index is 11.2. The molecule has 0 aliphatic rings. The van der Waals surface area contributed by atoms with Crippen LogP contribution in [0.5, 0.6) is 0 Å². The van der Waals surface area contributed by atoms with Crippen LogP contribution >= 0.6 is 0 Å². The summed E-state index contributed by atoms with van der Waals surface area (Å²) in [7, 11) is 0. The highest BCUT2D eigenvalue weighted by Crippen LogP contribution is 2.31. The van der Waals surface area contributed by atoms with E-state index in [2.05, 4.69) is 0 Å². The van der Waals surface area contributed by atoms with E-state index in [1.165, 1.54) is 6.07 Å². The van der Waals surface area contributed by atoms with Crippen molar-refractivity contribution in [1.82, 2.24) is 0 Å². The quantitative estimate of drug-likeness (QED) is 0.771. The lowest BCUT2D eigenvalue weighted by atomic mass is 10.0. The molecular weight excluding hydrogens is 270 g/mol. The molecule has 3 aromatic rings. The van der Waals surface area contributed by atoms with E-state index >= 15 is 0 Å². The highest BCUT2D eigenvalue weighted by molar-refractivity contribution is 6.00. The summed E-state index contributed by atoms with van der Waals surface area (Å²) in [5.41, 5.74) is 7.33. The number of nitrogens with two attached hydrogens (primary N) is 1. The Kier molecular flexibility index (Phi) is 2.95. The molecule has 21 heavy (non-hydrogen) atoms. The number of amides is 1. The summed E-state index contributed by atoms with van der Waals surface area (Å²) >= 11 is 0. The maximum absolute atomic E-state index is 11.2. The number of carboxylic acid groups (broad SMARTS) is 1. The summed E-state index contributed by atoms with van der Waals surface area (Å²) in [4.78, 5) is 22.3. The van der Waals surface area contributed by atoms with Gasteiger partial charge in [0.25, 0.3) is 5.91 Å². The van der Waals surface area contributed by atoms with Gasteiger partial charge in [-0.3, -0.25) is 4.79 Å². The largest absolute Gasteiger partial charge is 0.478 e. The maximum Gasteiger partial charge on any atom is 0.335 e. The predicted molar refractivity (Wildman–Crippen MR) is 77.1 cm³/mol. The summed E-state index contributed by atoms with van der Waals surface area (Å²) < 4.78 is 5.49. The molecule has 1 amide bonds. The first-order chi connectivity index (χ1) is 10.1. The number of aromatic carboxylic acids is 1. The van der Waals surface area contributed by atoms with Crippen molar-refractivity contribution >= 4 is 22.8 Å². The van der Waals surface area contributed by atoms with Gasteiger partial charge >= 0.3 is 5.97 Å². The van der Waals surface area contributed by atoms with Gasteiger partial charge in [-0.05, 0) is 23.8 Å².